The average molecular weight is 297 g/mol. The smallest absolute Gasteiger partial charge is 0.169 e. The van der Waals surface area contributed by atoms with Gasteiger partial charge in [0.15, 0.2) is 5.78 Å². The number of carbonyl (C=O) groups excluding carboxylic acids is 1. The third kappa shape index (κ3) is 2.76. The number of pyridine rings is 1. The van der Waals surface area contributed by atoms with Crippen LogP contribution in [0.2, 0.25) is 0 Å². The molecule has 0 unspecified atom stereocenters. The molecule has 0 saturated heterocycles. The van der Waals surface area contributed by atoms with Crippen molar-refractivity contribution in [2.75, 3.05) is 0 Å². The molecule has 104 valence electrons. The Morgan fingerprint density at radius 1 is 1.05 bits per heavy atom. The lowest BCUT2D eigenvalue weighted by atomic mass is 10.0. The Morgan fingerprint density at radius 2 is 1.71 bits per heavy atom. The first-order chi connectivity index (χ1) is 10.1. The van der Waals surface area contributed by atoms with Gasteiger partial charge in [-0.2, -0.15) is 0 Å². The van der Waals surface area contributed by atoms with Crippen molar-refractivity contribution in [1.29, 1.82) is 0 Å². The molecule has 2 heterocycles. The van der Waals surface area contributed by atoms with Crippen LogP contribution in [0.15, 0.2) is 54.9 Å². The van der Waals surface area contributed by atoms with E-state index in [1.165, 1.54) is 23.5 Å². The number of thiophene rings is 1. The molecule has 0 amide bonds. The second-order valence-electron chi connectivity index (χ2n) is 4.65. The summed E-state index contributed by atoms with van der Waals surface area (Å²) in [5.74, 6) is -0.240. The molecule has 0 spiro atoms. The van der Waals surface area contributed by atoms with E-state index in [1.54, 1.807) is 31.5 Å². The number of aromatic nitrogens is 1. The Labute approximate surface area is 125 Å². The molecule has 0 radical (unpaired) electrons. The fourth-order valence-corrected chi connectivity index (χ4v) is 3.21. The molecule has 0 N–H and O–H groups in total. The van der Waals surface area contributed by atoms with Crippen molar-refractivity contribution in [3.05, 3.63) is 65.6 Å². The summed E-state index contributed by atoms with van der Waals surface area (Å²) in [4.78, 5) is 17.3. The number of hydrogen-bond acceptors (Lipinski definition) is 3. The van der Waals surface area contributed by atoms with Gasteiger partial charge >= 0.3 is 0 Å². The molecule has 3 rings (SSSR count). The highest BCUT2D eigenvalue weighted by atomic mass is 32.1. The highest BCUT2D eigenvalue weighted by Gasteiger charge is 2.15. The fraction of sp³-hybridized carbons (Fsp3) is 0.0588. The van der Waals surface area contributed by atoms with Gasteiger partial charge in [-0.25, -0.2) is 4.39 Å². The molecule has 3 aromatic rings. The highest BCUT2D eigenvalue weighted by Crippen LogP contribution is 2.39. The van der Waals surface area contributed by atoms with Gasteiger partial charge < -0.3 is 0 Å². The summed E-state index contributed by atoms with van der Waals surface area (Å²) >= 11 is 1.43. The molecule has 0 aliphatic heterocycles. The van der Waals surface area contributed by atoms with E-state index in [4.69, 9.17) is 0 Å². The van der Waals surface area contributed by atoms with Gasteiger partial charge in [0.1, 0.15) is 5.82 Å². The standard InChI is InChI=1S/C17H12FNOS/c1-11(20)16-10-15(12-6-8-19-9-7-12)17(21-16)13-2-4-14(18)5-3-13/h2-10H,1H3. The van der Waals surface area contributed by atoms with E-state index in [9.17, 15) is 9.18 Å². The first-order valence-corrected chi connectivity index (χ1v) is 7.28. The summed E-state index contributed by atoms with van der Waals surface area (Å²) < 4.78 is 13.1. The van der Waals surface area contributed by atoms with Gasteiger partial charge in [-0.05, 0) is 48.4 Å². The van der Waals surface area contributed by atoms with Gasteiger partial charge in [0, 0.05) is 22.8 Å². The highest BCUT2D eigenvalue weighted by molar-refractivity contribution is 7.18. The van der Waals surface area contributed by atoms with Crippen molar-refractivity contribution in [3.8, 4) is 21.6 Å². The lowest BCUT2D eigenvalue weighted by Gasteiger charge is -2.04. The molecule has 2 nitrogen and oxygen atoms in total. The van der Waals surface area contributed by atoms with E-state index in [0.29, 0.717) is 4.88 Å². The normalized spacial score (nSPS) is 10.6. The Hall–Kier alpha value is -2.33. The number of benzene rings is 1. The number of ketones is 1. The molecule has 0 atom stereocenters. The third-order valence-electron chi connectivity index (χ3n) is 3.18. The van der Waals surface area contributed by atoms with Gasteiger partial charge in [0.05, 0.1) is 4.88 Å². The van der Waals surface area contributed by atoms with Gasteiger partial charge in [0.25, 0.3) is 0 Å². The first kappa shape index (κ1) is 13.6. The predicted octanol–water partition coefficient (Wildman–Crippen LogP) is 4.82. The van der Waals surface area contributed by atoms with Crippen LogP contribution in [-0.4, -0.2) is 10.8 Å². The molecular formula is C17H12FNOS. The maximum absolute atomic E-state index is 13.1. The van der Waals surface area contributed by atoms with Crippen molar-refractivity contribution in [3.63, 3.8) is 0 Å². The van der Waals surface area contributed by atoms with Crippen LogP contribution in [0, 0.1) is 5.82 Å². The summed E-state index contributed by atoms with van der Waals surface area (Å²) in [7, 11) is 0. The topological polar surface area (TPSA) is 30.0 Å². The van der Waals surface area contributed by atoms with Crippen LogP contribution in [-0.2, 0) is 0 Å². The van der Waals surface area contributed by atoms with Crippen LogP contribution in [0.4, 0.5) is 4.39 Å². The van der Waals surface area contributed by atoms with Crippen molar-refractivity contribution in [2.24, 2.45) is 0 Å². The Bertz CT molecular complexity index is 778. The number of hydrogen-bond donors (Lipinski definition) is 0. The lowest BCUT2D eigenvalue weighted by molar-refractivity contribution is 0.102. The zero-order chi connectivity index (χ0) is 14.8. The van der Waals surface area contributed by atoms with Crippen LogP contribution in [0.25, 0.3) is 21.6 Å². The van der Waals surface area contributed by atoms with Gasteiger partial charge in [-0.1, -0.05) is 12.1 Å². The van der Waals surface area contributed by atoms with Crippen LogP contribution in [0.5, 0.6) is 0 Å². The van der Waals surface area contributed by atoms with Gasteiger partial charge in [-0.15, -0.1) is 11.3 Å². The molecule has 21 heavy (non-hydrogen) atoms. The predicted molar refractivity (Wildman–Crippen MR) is 82.9 cm³/mol. The van der Waals surface area contributed by atoms with E-state index < -0.39 is 0 Å². The Kier molecular flexibility index (Phi) is 3.62. The first-order valence-electron chi connectivity index (χ1n) is 6.46. The van der Waals surface area contributed by atoms with Crippen LogP contribution < -0.4 is 0 Å². The molecular weight excluding hydrogens is 285 g/mol. The van der Waals surface area contributed by atoms with Crippen molar-refractivity contribution < 1.29 is 9.18 Å². The zero-order valence-corrected chi connectivity index (χ0v) is 12.2. The molecule has 0 bridgehead atoms. The number of nitrogens with zero attached hydrogens (tertiary/aromatic N) is 1. The number of carbonyl (C=O) groups is 1. The summed E-state index contributed by atoms with van der Waals surface area (Å²) in [5, 5.41) is 0. The summed E-state index contributed by atoms with van der Waals surface area (Å²) in [6.07, 6.45) is 3.43. The van der Waals surface area contributed by atoms with Gasteiger partial charge in [-0.3, -0.25) is 9.78 Å². The van der Waals surface area contributed by atoms with E-state index in [1.807, 2.05) is 18.2 Å². The van der Waals surface area contributed by atoms with Crippen molar-refractivity contribution >= 4 is 17.1 Å². The maximum atomic E-state index is 13.1. The van der Waals surface area contributed by atoms with E-state index >= 15 is 0 Å². The van der Waals surface area contributed by atoms with E-state index in [-0.39, 0.29) is 11.6 Å². The number of halogens is 1. The molecule has 1 aromatic carbocycles. The van der Waals surface area contributed by atoms with E-state index in [0.717, 1.165) is 21.6 Å². The zero-order valence-electron chi connectivity index (χ0n) is 11.3. The summed E-state index contributed by atoms with van der Waals surface area (Å²) in [6.45, 7) is 1.55. The Balaban J connectivity index is 2.19. The summed E-state index contributed by atoms with van der Waals surface area (Å²) in [6, 6.07) is 12.0. The second-order valence-corrected chi connectivity index (χ2v) is 5.70. The molecule has 4 heteroatoms. The van der Waals surface area contributed by atoms with Crippen molar-refractivity contribution in [2.45, 2.75) is 6.92 Å². The van der Waals surface area contributed by atoms with Crippen LogP contribution in [0.3, 0.4) is 0 Å². The van der Waals surface area contributed by atoms with Crippen LogP contribution in [0.1, 0.15) is 16.6 Å². The molecule has 0 saturated carbocycles. The molecule has 0 aliphatic rings. The largest absolute Gasteiger partial charge is 0.294 e. The van der Waals surface area contributed by atoms with Crippen LogP contribution >= 0.6 is 11.3 Å². The average Bonchev–Trinajstić information content (AvgIpc) is 2.94. The van der Waals surface area contributed by atoms with E-state index in [2.05, 4.69) is 4.98 Å². The molecule has 0 aliphatic carbocycles. The number of Topliss-reactive ketones (excluding diaryl/α,β-unsaturated/α-hetero) is 1. The SMILES string of the molecule is CC(=O)c1cc(-c2ccncc2)c(-c2ccc(F)cc2)s1. The Morgan fingerprint density at radius 3 is 2.33 bits per heavy atom. The maximum Gasteiger partial charge on any atom is 0.169 e. The molecule has 0 fully saturated rings. The summed E-state index contributed by atoms with van der Waals surface area (Å²) in [5.41, 5.74) is 2.87. The van der Waals surface area contributed by atoms with Crippen molar-refractivity contribution in [1.82, 2.24) is 4.98 Å². The number of rotatable bonds is 3. The minimum absolute atomic E-state index is 0.0312. The molecule has 2 aromatic heterocycles. The minimum Gasteiger partial charge on any atom is -0.294 e. The lowest BCUT2D eigenvalue weighted by Crippen LogP contribution is -1.84. The minimum atomic E-state index is -0.271. The quantitative estimate of drug-likeness (QED) is 0.649. The fourth-order valence-electron chi connectivity index (χ4n) is 2.13. The monoisotopic (exact) mass is 297 g/mol. The second kappa shape index (κ2) is 5.58. The third-order valence-corrected chi connectivity index (χ3v) is 4.46. The van der Waals surface area contributed by atoms with Gasteiger partial charge in [0.2, 0.25) is 0 Å².